The molecule has 0 spiro atoms. The number of ether oxygens (including phenoxy) is 1. The summed E-state index contributed by atoms with van der Waals surface area (Å²) < 4.78 is 8.43. The second-order valence-corrected chi connectivity index (χ2v) is 7.27. The van der Waals surface area contributed by atoms with Gasteiger partial charge >= 0.3 is 0 Å². The first-order chi connectivity index (χ1) is 9.74. The van der Waals surface area contributed by atoms with Crippen LogP contribution in [0.1, 0.15) is 65.4 Å². The maximum atomic E-state index is 6.29. The molecule has 0 saturated carbocycles. The van der Waals surface area contributed by atoms with Crippen LogP contribution in [-0.4, -0.2) is 28.0 Å². The normalized spacial score (nSPS) is 25.2. The zero-order valence-corrected chi connectivity index (χ0v) is 14.7. The Morgan fingerprint density at radius 3 is 2.48 bits per heavy atom. The molecule has 4 nitrogen and oxygen atoms in total. The van der Waals surface area contributed by atoms with Crippen LogP contribution < -0.4 is 5.32 Å². The van der Waals surface area contributed by atoms with Gasteiger partial charge in [-0.2, -0.15) is 5.10 Å². The van der Waals surface area contributed by atoms with Gasteiger partial charge in [0.2, 0.25) is 0 Å². The van der Waals surface area contributed by atoms with Gasteiger partial charge in [-0.1, -0.05) is 6.92 Å². The van der Waals surface area contributed by atoms with E-state index < -0.39 is 0 Å². The molecule has 1 aromatic rings. The molecule has 0 aliphatic carbocycles. The van der Waals surface area contributed by atoms with E-state index in [0.29, 0.717) is 5.92 Å². The molecule has 1 aliphatic rings. The topological polar surface area (TPSA) is 39.1 Å². The molecule has 4 heteroatoms. The lowest BCUT2D eigenvalue weighted by Gasteiger charge is -2.33. The lowest BCUT2D eigenvalue weighted by molar-refractivity contribution is -0.0779. The van der Waals surface area contributed by atoms with Gasteiger partial charge in [-0.3, -0.25) is 4.68 Å². The highest BCUT2D eigenvalue weighted by Crippen LogP contribution is 2.47. The van der Waals surface area contributed by atoms with Crippen LogP contribution in [0.5, 0.6) is 0 Å². The molecule has 1 fully saturated rings. The Morgan fingerprint density at radius 2 is 2.05 bits per heavy atom. The summed E-state index contributed by atoms with van der Waals surface area (Å²) in [6.45, 7) is 14.0. The predicted molar refractivity (Wildman–Crippen MR) is 86.4 cm³/mol. The van der Waals surface area contributed by atoms with Crippen molar-refractivity contribution < 1.29 is 4.74 Å². The van der Waals surface area contributed by atoms with Crippen LogP contribution >= 0.6 is 0 Å². The maximum Gasteiger partial charge on any atom is 0.0681 e. The summed E-state index contributed by atoms with van der Waals surface area (Å²) in [5.41, 5.74) is 2.26. The van der Waals surface area contributed by atoms with E-state index in [9.17, 15) is 0 Å². The van der Waals surface area contributed by atoms with Gasteiger partial charge in [-0.05, 0) is 60.6 Å². The summed E-state index contributed by atoms with van der Waals surface area (Å²) in [5, 5.41) is 8.23. The van der Waals surface area contributed by atoms with Gasteiger partial charge in [0.15, 0.2) is 0 Å². The molecule has 0 bridgehead atoms. The Hall–Kier alpha value is -0.870. The van der Waals surface area contributed by atoms with Crippen LogP contribution in [0.15, 0.2) is 6.07 Å². The van der Waals surface area contributed by atoms with E-state index in [0.717, 1.165) is 19.4 Å². The molecule has 0 aromatic carbocycles. The molecule has 0 amide bonds. The van der Waals surface area contributed by atoms with E-state index in [1.54, 1.807) is 0 Å². The molecule has 1 aromatic heterocycles. The van der Waals surface area contributed by atoms with E-state index in [4.69, 9.17) is 9.84 Å². The Labute approximate surface area is 129 Å². The highest BCUT2D eigenvalue weighted by atomic mass is 16.5. The minimum atomic E-state index is -0.133. The maximum absolute atomic E-state index is 6.29. The minimum Gasteiger partial charge on any atom is -0.369 e. The van der Waals surface area contributed by atoms with Crippen molar-refractivity contribution in [3.63, 3.8) is 0 Å². The largest absolute Gasteiger partial charge is 0.369 e. The summed E-state index contributed by atoms with van der Waals surface area (Å²) in [6, 6.07) is 2.53. The number of rotatable bonds is 5. The molecule has 1 saturated heterocycles. The molecule has 0 radical (unpaired) electrons. The zero-order valence-electron chi connectivity index (χ0n) is 14.7. The van der Waals surface area contributed by atoms with Crippen molar-refractivity contribution in [1.29, 1.82) is 0 Å². The molecule has 2 rings (SSSR count). The first-order valence-corrected chi connectivity index (χ1v) is 8.18. The second kappa shape index (κ2) is 5.73. The van der Waals surface area contributed by atoms with Gasteiger partial charge in [0.05, 0.1) is 28.6 Å². The number of nitrogens with one attached hydrogen (secondary N) is 1. The van der Waals surface area contributed by atoms with Gasteiger partial charge in [-0.15, -0.1) is 0 Å². The van der Waals surface area contributed by atoms with Gasteiger partial charge in [0.25, 0.3) is 0 Å². The smallest absolute Gasteiger partial charge is 0.0681 e. The van der Waals surface area contributed by atoms with Gasteiger partial charge < -0.3 is 10.1 Å². The average Bonchev–Trinajstić information content (AvgIpc) is 2.89. The molecule has 2 unspecified atom stereocenters. The molecule has 120 valence electrons. The minimum absolute atomic E-state index is 0.0616. The van der Waals surface area contributed by atoms with Crippen LogP contribution in [0.4, 0.5) is 0 Å². The van der Waals surface area contributed by atoms with Crippen molar-refractivity contribution in [2.24, 2.45) is 5.92 Å². The van der Waals surface area contributed by atoms with Gasteiger partial charge in [-0.25, -0.2) is 0 Å². The standard InChI is InChI=1S/C17H31N3O/c1-8-12-10-14(20(9-2)19-12)15(18-7)13-11-16(3,4)21-17(13,5)6/h10,13,15,18H,8-9,11H2,1-7H3. The van der Waals surface area contributed by atoms with E-state index >= 15 is 0 Å². The van der Waals surface area contributed by atoms with Crippen LogP contribution in [-0.2, 0) is 17.7 Å². The summed E-state index contributed by atoms with van der Waals surface area (Å²) in [7, 11) is 2.05. The molecule has 21 heavy (non-hydrogen) atoms. The predicted octanol–water partition coefficient (Wildman–Crippen LogP) is 3.32. The third kappa shape index (κ3) is 3.16. The molecule has 2 atom stereocenters. The molecule has 1 aliphatic heterocycles. The summed E-state index contributed by atoms with van der Waals surface area (Å²) >= 11 is 0. The number of aromatic nitrogens is 2. The van der Waals surface area contributed by atoms with Gasteiger partial charge in [0, 0.05) is 12.5 Å². The lowest BCUT2D eigenvalue weighted by atomic mass is 9.80. The number of hydrogen-bond donors (Lipinski definition) is 1. The highest BCUT2D eigenvalue weighted by Gasteiger charge is 2.49. The van der Waals surface area contributed by atoms with Gasteiger partial charge in [0.1, 0.15) is 0 Å². The number of nitrogens with zero attached hydrogens (tertiary/aromatic N) is 2. The quantitative estimate of drug-likeness (QED) is 0.905. The molecule has 1 N–H and O–H groups in total. The Balaban J connectivity index is 2.38. The lowest BCUT2D eigenvalue weighted by Crippen LogP contribution is -2.38. The molecular weight excluding hydrogens is 262 g/mol. The van der Waals surface area contributed by atoms with Crippen LogP contribution in [0.2, 0.25) is 0 Å². The van der Waals surface area contributed by atoms with E-state index in [1.165, 1.54) is 11.4 Å². The summed E-state index contributed by atoms with van der Waals surface area (Å²) in [4.78, 5) is 0. The highest BCUT2D eigenvalue weighted by molar-refractivity contribution is 5.18. The fourth-order valence-electron chi connectivity index (χ4n) is 3.84. The van der Waals surface area contributed by atoms with E-state index in [-0.39, 0.29) is 17.2 Å². The fourth-order valence-corrected chi connectivity index (χ4v) is 3.84. The van der Waals surface area contributed by atoms with Crippen molar-refractivity contribution >= 4 is 0 Å². The van der Waals surface area contributed by atoms with Crippen molar-refractivity contribution in [2.45, 2.75) is 78.2 Å². The summed E-state index contributed by atoms with van der Waals surface area (Å²) in [6.07, 6.45) is 2.04. The average molecular weight is 293 g/mol. The zero-order chi connectivity index (χ0) is 15.8. The third-order valence-corrected chi connectivity index (χ3v) is 4.70. The van der Waals surface area contributed by atoms with Crippen molar-refractivity contribution in [3.05, 3.63) is 17.5 Å². The first-order valence-electron chi connectivity index (χ1n) is 8.18. The SMILES string of the molecule is CCc1cc(C(NC)C2CC(C)(C)OC2(C)C)n(CC)n1. The van der Waals surface area contributed by atoms with E-state index in [1.807, 2.05) is 7.05 Å². The number of aryl methyl sites for hydroxylation is 2. The monoisotopic (exact) mass is 293 g/mol. The van der Waals surface area contributed by atoms with E-state index in [2.05, 4.69) is 57.6 Å². The Kier molecular flexibility index (Phi) is 4.50. The third-order valence-electron chi connectivity index (χ3n) is 4.70. The van der Waals surface area contributed by atoms with Crippen LogP contribution in [0.3, 0.4) is 0 Å². The van der Waals surface area contributed by atoms with Crippen LogP contribution in [0, 0.1) is 5.92 Å². The first kappa shape index (κ1) is 16.5. The number of hydrogen-bond acceptors (Lipinski definition) is 3. The Morgan fingerprint density at radius 1 is 1.38 bits per heavy atom. The second-order valence-electron chi connectivity index (χ2n) is 7.27. The summed E-state index contributed by atoms with van der Waals surface area (Å²) in [5.74, 6) is 0.434. The van der Waals surface area contributed by atoms with Crippen molar-refractivity contribution in [1.82, 2.24) is 15.1 Å². The molecular formula is C17H31N3O. The Bertz CT molecular complexity index is 490. The van der Waals surface area contributed by atoms with Crippen molar-refractivity contribution in [2.75, 3.05) is 7.05 Å². The fraction of sp³-hybridized carbons (Fsp3) is 0.824. The van der Waals surface area contributed by atoms with Crippen LogP contribution in [0.25, 0.3) is 0 Å². The molecule has 2 heterocycles. The van der Waals surface area contributed by atoms with Crippen molar-refractivity contribution in [3.8, 4) is 0 Å².